The molecule has 2 N–H and O–H groups in total. The number of hydrogen-bond donors (Lipinski definition) is 2. The van der Waals surface area contributed by atoms with Crippen LogP contribution in [0.4, 0.5) is 14.5 Å². The van der Waals surface area contributed by atoms with Gasteiger partial charge in [0.1, 0.15) is 12.9 Å². The molecule has 1 fully saturated rings. The quantitative estimate of drug-likeness (QED) is 0.320. The topological polar surface area (TPSA) is 99.9 Å². The fourth-order valence-electron chi connectivity index (χ4n) is 4.17. The molecule has 1 aliphatic carbocycles. The molecule has 1 aliphatic rings. The summed E-state index contributed by atoms with van der Waals surface area (Å²) in [5.74, 6) is -0.640. The molecule has 186 valence electrons. The number of hydrogen-bond acceptors (Lipinski definition) is 5. The van der Waals surface area contributed by atoms with E-state index in [1.54, 1.807) is 4.57 Å². The minimum atomic E-state index is -2.68. The molecule has 1 amide bonds. The highest BCUT2D eigenvalue weighted by Crippen LogP contribution is 2.43. The van der Waals surface area contributed by atoms with Gasteiger partial charge in [-0.3, -0.25) is 4.79 Å². The van der Waals surface area contributed by atoms with E-state index >= 15 is 0 Å². The van der Waals surface area contributed by atoms with Gasteiger partial charge >= 0.3 is 0 Å². The van der Waals surface area contributed by atoms with Gasteiger partial charge in [0.2, 0.25) is 5.62 Å². The monoisotopic (exact) mass is 486 g/mol. The van der Waals surface area contributed by atoms with Crippen LogP contribution in [0.15, 0.2) is 47.5 Å². The summed E-state index contributed by atoms with van der Waals surface area (Å²) in [7, 11) is 1.98. The van der Waals surface area contributed by atoms with Gasteiger partial charge < -0.3 is 29.1 Å². The van der Waals surface area contributed by atoms with Gasteiger partial charge in [-0.05, 0) is 49.6 Å². The molecule has 2 aromatic carbocycles. The minimum absolute atomic E-state index is 0.0341. The number of imidazole rings is 1. The average Bonchev–Trinajstić information content (AvgIpc) is 3.57. The molecular formula is C25H28F2N4O4. The summed E-state index contributed by atoms with van der Waals surface area (Å²) >= 11 is 0. The van der Waals surface area contributed by atoms with Gasteiger partial charge in [0.05, 0.1) is 23.2 Å². The van der Waals surface area contributed by atoms with Gasteiger partial charge in [-0.15, -0.1) is 0 Å². The van der Waals surface area contributed by atoms with Crippen molar-refractivity contribution in [2.24, 2.45) is 4.99 Å². The van der Waals surface area contributed by atoms with Crippen molar-refractivity contribution < 1.29 is 28.2 Å². The summed E-state index contributed by atoms with van der Waals surface area (Å²) < 4.78 is 33.4. The van der Waals surface area contributed by atoms with E-state index in [2.05, 4.69) is 14.9 Å². The van der Waals surface area contributed by atoms with E-state index < -0.39 is 12.3 Å². The SMILES string of the molecule is CN(c1ccc2c(c1)[nH]/c(=N\C(=O)c1cccc(C(F)F)c1)n2CCCO)C1(COCC=O)CC1. The smallest absolute Gasteiger partial charge is 0.280 e. The molecule has 0 saturated heterocycles. The Hall–Kier alpha value is -3.37. The Morgan fingerprint density at radius 3 is 2.80 bits per heavy atom. The van der Waals surface area contributed by atoms with Gasteiger partial charge in [-0.1, -0.05) is 12.1 Å². The van der Waals surface area contributed by atoms with E-state index in [4.69, 9.17) is 4.74 Å². The van der Waals surface area contributed by atoms with Crippen molar-refractivity contribution in [1.29, 1.82) is 0 Å². The summed E-state index contributed by atoms with van der Waals surface area (Å²) in [6.07, 6.45) is 0.415. The standard InChI is InChI=1S/C25H28F2N4O4/c1-30(25(8-9-25)16-35-13-12-33)19-6-7-21-20(15-19)28-24(31(21)10-3-11-32)29-23(34)18-5-2-4-17(14-18)22(26)27/h2,4-7,12,14-15,22,32H,3,8-11,13,16H2,1H3,(H,28,29,34). The summed E-state index contributed by atoms with van der Waals surface area (Å²) in [5, 5.41) is 9.34. The third kappa shape index (κ3) is 5.33. The Balaban J connectivity index is 1.69. The number of aryl methyl sites for hydroxylation is 1. The number of carbonyl (C=O) groups excluding carboxylic acids is 2. The maximum atomic E-state index is 13.1. The Bertz CT molecular complexity index is 1280. The third-order valence-corrected chi connectivity index (χ3v) is 6.39. The van der Waals surface area contributed by atoms with E-state index in [1.807, 2.05) is 25.2 Å². The molecular weight excluding hydrogens is 458 g/mol. The molecule has 0 aliphatic heterocycles. The van der Waals surface area contributed by atoms with E-state index in [9.17, 15) is 23.5 Å². The van der Waals surface area contributed by atoms with Crippen LogP contribution in [0, 0.1) is 0 Å². The van der Waals surface area contributed by atoms with Crippen LogP contribution in [0.5, 0.6) is 0 Å². The van der Waals surface area contributed by atoms with E-state index in [1.165, 1.54) is 18.2 Å². The number of alkyl halides is 2. The number of aliphatic hydroxyl groups excluding tert-OH is 1. The number of benzene rings is 2. The second-order valence-electron chi connectivity index (χ2n) is 8.69. The number of ether oxygens (including phenoxy) is 1. The average molecular weight is 487 g/mol. The Morgan fingerprint density at radius 1 is 1.31 bits per heavy atom. The van der Waals surface area contributed by atoms with E-state index in [0.717, 1.165) is 41.9 Å². The summed E-state index contributed by atoms with van der Waals surface area (Å²) in [4.78, 5) is 32.9. The number of nitrogens with one attached hydrogen (secondary N) is 1. The first-order chi connectivity index (χ1) is 16.9. The van der Waals surface area contributed by atoms with Gasteiger partial charge in [-0.2, -0.15) is 4.99 Å². The predicted molar refractivity (Wildman–Crippen MR) is 127 cm³/mol. The maximum absolute atomic E-state index is 13.1. The normalized spacial score (nSPS) is 15.1. The number of rotatable bonds is 11. The number of carbonyl (C=O) groups is 2. The second kappa shape index (κ2) is 10.5. The van der Waals surface area contributed by atoms with Crippen molar-refractivity contribution in [3.63, 3.8) is 0 Å². The first-order valence-electron chi connectivity index (χ1n) is 11.4. The number of aliphatic hydroxyl groups is 1. The highest BCUT2D eigenvalue weighted by atomic mass is 19.3. The largest absolute Gasteiger partial charge is 0.396 e. The molecule has 1 heterocycles. The summed E-state index contributed by atoms with van der Waals surface area (Å²) in [5.41, 5.74) is 2.42. The number of fused-ring (bicyclic) bond motifs is 1. The van der Waals surface area contributed by atoms with Crippen LogP contribution in [0.1, 0.15) is 41.6 Å². The number of amides is 1. The van der Waals surface area contributed by atoms with Crippen LogP contribution in [-0.4, -0.2) is 59.3 Å². The van der Waals surface area contributed by atoms with Gasteiger partial charge in [0, 0.05) is 37.0 Å². The lowest BCUT2D eigenvalue weighted by Gasteiger charge is -2.30. The Labute approximate surface area is 200 Å². The van der Waals surface area contributed by atoms with E-state index in [-0.39, 0.29) is 35.5 Å². The highest BCUT2D eigenvalue weighted by Gasteiger charge is 2.47. The molecule has 0 spiro atoms. The molecule has 0 unspecified atom stereocenters. The van der Waals surface area contributed by atoms with Crippen LogP contribution in [0.25, 0.3) is 11.0 Å². The van der Waals surface area contributed by atoms with Crippen molar-refractivity contribution >= 4 is 28.9 Å². The number of likely N-dealkylation sites (N-methyl/N-ethyl adjacent to an activating group) is 1. The lowest BCUT2D eigenvalue weighted by Crippen LogP contribution is -2.38. The number of aromatic amines is 1. The van der Waals surface area contributed by atoms with Crippen molar-refractivity contribution in [2.45, 2.75) is 37.8 Å². The zero-order valence-electron chi connectivity index (χ0n) is 19.4. The second-order valence-corrected chi connectivity index (χ2v) is 8.69. The van der Waals surface area contributed by atoms with Gasteiger partial charge in [-0.25, -0.2) is 8.78 Å². The molecule has 8 nitrogen and oxygen atoms in total. The number of aldehydes is 1. The molecule has 0 bridgehead atoms. The summed E-state index contributed by atoms with van der Waals surface area (Å²) in [6, 6.07) is 11.1. The zero-order chi connectivity index (χ0) is 25.0. The number of H-pyrrole nitrogens is 1. The van der Waals surface area contributed by atoms with Crippen molar-refractivity contribution in [2.75, 3.05) is 31.8 Å². The van der Waals surface area contributed by atoms with Crippen LogP contribution < -0.4 is 10.5 Å². The Kier molecular flexibility index (Phi) is 7.42. The highest BCUT2D eigenvalue weighted by molar-refractivity contribution is 5.95. The lowest BCUT2D eigenvalue weighted by atomic mass is 10.1. The number of halogens is 2. The number of anilines is 1. The molecule has 35 heavy (non-hydrogen) atoms. The van der Waals surface area contributed by atoms with Crippen LogP contribution in [0.3, 0.4) is 0 Å². The van der Waals surface area contributed by atoms with Crippen molar-refractivity contribution in [3.8, 4) is 0 Å². The van der Waals surface area contributed by atoms with Gasteiger partial charge in [0.15, 0.2) is 0 Å². The first-order valence-corrected chi connectivity index (χ1v) is 11.4. The molecule has 0 atom stereocenters. The molecule has 4 rings (SSSR count). The fraction of sp³-hybridized carbons (Fsp3) is 0.400. The third-order valence-electron chi connectivity index (χ3n) is 6.39. The molecule has 0 radical (unpaired) electrons. The van der Waals surface area contributed by atoms with Crippen LogP contribution >= 0.6 is 0 Å². The number of aromatic nitrogens is 2. The molecule has 3 aromatic rings. The van der Waals surface area contributed by atoms with Gasteiger partial charge in [0.25, 0.3) is 12.3 Å². The van der Waals surface area contributed by atoms with Crippen LogP contribution in [-0.2, 0) is 16.1 Å². The molecule has 1 aromatic heterocycles. The maximum Gasteiger partial charge on any atom is 0.280 e. The summed E-state index contributed by atoms with van der Waals surface area (Å²) in [6.45, 7) is 0.898. The predicted octanol–water partition coefficient (Wildman–Crippen LogP) is 3.21. The fourth-order valence-corrected chi connectivity index (χ4v) is 4.17. The first kappa shape index (κ1) is 24.7. The Morgan fingerprint density at radius 2 is 2.11 bits per heavy atom. The van der Waals surface area contributed by atoms with Crippen molar-refractivity contribution in [1.82, 2.24) is 9.55 Å². The zero-order valence-corrected chi connectivity index (χ0v) is 19.4. The molecule has 10 heteroatoms. The molecule has 1 saturated carbocycles. The minimum Gasteiger partial charge on any atom is -0.396 e. The number of nitrogens with zero attached hydrogens (tertiary/aromatic N) is 3. The lowest BCUT2D eigenvalue weighted by molar-refractivity contribution is -0.112. The van der Waals surface area contributed by atoms with Crippen molar-refractivity contribution in [3.05, 3.63) is 59.2 Å². The van der Waals surface area contributed by atoms with E-state index in [0.29, 0.717) is 19.6 Å². The van der Waals surface area contributed by atoms with Crippen LogP contribution in [0.2, 0.25) is 0 Å².